The first-order valence-corrected chi connectivity index (χ1v) is 9.04. The molecule has 4 nitrogen and oxygen atoms in total. The average Bonchev–Trinajstić information content (AvgIpc) is 3.27. The van der Waals surface area contributed by atoms with Gasteiger partial charge < -0.3 is 9.30 Å². The van der Waals surface area contributed by atoms with E-state index in [0.29, 0.717) is 11.6 Å². The van der Waals surface area contributed by atoms with Gasteiger partial charge in [-0.15, -0.1) is 0 Å². The average molecular weight is 348 g/mol. The lowest BCUT2D eigenvalue weighted by Gasteiger charge is -2.17. The molecule has 1 aromatic heterocycles. The lowest BCUT2D eigenvalue weighted by atomic mass is 10.0. The van der Waals surface area contributed by atoms with Crippen molar-refractivity contribution in [3.8, 4) is 11.8 Å². The van der Waals surface area contributed by atoms with Gasteiger partial charge in [0.2, 0.25) is 5.78 Å². The Morgan fingerprint density at radius 1 is 1.23 bits per heavy atom. The zero-order chi connectivity index (χ0) is 18.7. The molecule has 1 fully saturated rings. The number of ether oxygens (including phenoxy) is 1. The quantitative estimate of drug-likeness (QED) is 0.433. The van der Waals surface area contributed by atoms with Gasteiger partial charge in [0.1, 0.15) is 17.4 Å². The number of aryl methyl sites for hydroxylation is 1. The van der Waals surface area contributed by atoms with Crippen LogP contribution in [0.25, 0.3) is 6.08 Å². The third-order valence-electron chi connectivity index (χ3n) is 5.21. The number of Topliss-reactive ketones (excluding diaryl/α,β-unsaturated/α-hetero) is 1. The van der Waals surface area contributed by atoms with E-state index >= 15 is 0 Å². The van der Waals surface area contributed by atoms with Gasteiger partial charge in [-0.3, -0.25) is 4.79 Å². The molecule has 0 unspecified atom stereocenters. The summed E-state index contributed by atoms with van der Waals surface area (Å²) in [4.78, 5) is 13.0. The van der Waals surface area contributed by atoms with Gasteiger partial charge in [-0.1, -0.05) is 25.0 Å². The maximum Gasteiger partial charge on any atom is 0.205 e. The van der Waals surface area contributed by atoms with Gasteiger partial charge in [0.05, 0.1) is 7.11 Å². The minimum atomic E-state index is -0.208. The predicted octanol–water partition coefficient (Wildman–Crippen LogP) is 5.02. The largest absolute Gasteiger partial charge is 0.497 e. The van der Waals surface area contributed by atoms with Crippen LogP contribution in [-0.4, -0.2) is 17.5 Å². The molecule has 1 aliphatic rings. The van der Waals surface area contributed by atoms with Crippen molar-refractivity contribution in [2.24, 2.45) is 0 Å². The second-order valence-electron chi connectivity index (χ2n) is 6.87. The van der Waals surface area contributed by atoms with E-state index in [1.165, 1.54) is 12.8 Å². The number of aromatic nitrogens is 1. The highest BCUT2D eigenvalue weighted by Crippen LogP contribution is 2.34. The molecular weight excluding hydrogens is 324 g/mol. The number of allylic oxidation sites excluding steroid dienone is 1. The lowest BCUT2D eigenvalue weighted by Crippen LogP contribution is -2.10. The SMILES string of the molecule is COc1ccc(/C=C(/C#N)C(=O)c2cc(C)n(C3CCCC3)c2C)cc1. The second-order valence-corrected chi connectivity index (χ2v) is 6.87. The standard InChI is InChI=1S/C22H24N2O2/c1-15-12-21(16(2)24(15)19-6-4-5-7-19)22(25)18(14-23)13-17-8-10-20(26-3)11-9-17/h8-13,19H,4-7H2,1-3H3/b18-13-. The lowest BCUT2D eigenvalue weighted by molar-refractivity contribution is 0.103. The number of methoxy groups -OCH3 is 1. The Kier molecular flexibility index (Phi) is 5.27. The summed E-state index contributed by atoms with van der Waals surface area (Å²) in [6.45, 7) is 4.03. The number of nitriles is 1. The van der Waals surface area contributed by atoms with Crippen molar-refractivity contribution in [2.75, 3.05) is 7.11 Å². The second kappa shape index (κ2) is 7.61. The number of hydrogen-bond acceptors (Lipinski definition) is 3. The van der Waals surface area contributed by atoms with Gasteiger partial charge in [-0.25, -0.2) is 0 Å². The van der Waals surface area contributed by atoms with Gasteiger partial charge in [-0.2, -0.15) is 5.26 Å². The van der Waals surface area contributed by atoms with Crippen LogP contribution in [0.1, 0.15) is 59.0 Å². The van der Waals surface area contributed by atoms with Crippen LogP contribution in [0, 0.1) is 25.2 Å². The van der Waals surface area contributed by atoms with E-state index in [-0.39, 0.29) is 11.4 Å². The summed E-state index contributed by atoms with van der Waals surface area (Å²) in [6, 6.07) is 11.8. The summed E-state index contributed by atoms with van der Waals surface area (Å²) < 4.78 is 7.42. The topological polar surface area (TPSA) is 55.0 Å². The van der Waals surface area contributed by atoms with E-state index in [0.717, 1.165) is 35.5 Å². The molecule has 0 amide bonds. The Morgan fingerprint density at radius 2 is 1.88 bits per heavy atom. The molecule has 2 aromatic rings. The molecule has 0 N–H and O–H groups in total. The van der Waals surface area contributed by atoms with Crippen molar-refractivity contribution in [3.63, 3.8) is 0 Å². The number of nitrogens with zero attached hydrogens (tertiary/aromatic N) is 2. The van der Waals surface area contributed by atoms with Crippen LogP contribution in [0.4, 0.5) is 0 Å². The Morgan fingerprint density at radius 3 is 2.46 bits per heavy atom. The molecular formula is C22H24N2O2. The first kappa shape index (κ1) is 18.0. The molecule has 0 spiro atoms. The minimum Gasteiger partial charge on any atom is -0.497 e. The van der Waals surface area contributed by atoms with Gasteiger partial charge in [0, 0.05) is 23.0 Å². The molecule has 0 atom stereocenters. The number of rotatable bonds is 5. The van der Waals surface area contributed by atoms with Crippen LogP contribution in [0.2, 0.25) is 0 Å². The van der Waals surface area contributed by atoms with Crippen molar-refractivity contribution < 1.29 is 9.53 Å². The summed E-state index contributed by atoms with van der Waals surface area (Å²) >= 11 is 0. The fourth-order valence-corrected chi connectivity index (χ4v) is 3.89. The van der Waals surface area contributed by atoms with E-state index in [1.807, 2.05) is 44.2 Å². The third-order valence-corrected chi connectivity index (χ3v) is 5.21. The number of carbonyl (C=O) groups is 1. The first-order valence-electron chi connectivity index (χ1n) is 9.04. The third kappa shape index (κ3) is 3.43. The maximum atomic E-state index is 13.0. The van der Waals surface area contributed by atoms with Crippen LogP contribution < -0.4 is 4.74 Å². The monoisotopic (exact) mass is 348 g/mol. The van der Waals surface area contributed by atoms with Crippen molar-refractivity contribution in [1.29, 1.82) is 5.26 Å². The smallest absolute Gasteiger partial charge is 0.205 e. The van der Waals surface area contributed by atoms with Gasteiger partial charge >= 0.3 is 0 Å². The number of carbonyl (C=O) groups excluding carboxylic acids is 1. The zero-order valence-corrected chi connectivity index (χ0v) is 15.6. The molecule has 0 aliphatic heterocycles. The molecule has 1 aromatic carbocycles. The summed E-state index contributed by atoms with van der Waals surface area (Å²) in [7, 11) is 1.61. The molecule has 26 heavy (non-hydrogen) atoms. The highest BCUT2D eigenvalue weighted by Gasteiger charge is 2.24. The molecule has 1 aliphatic carbocycles. The van der Waals surface area contributed by atoms with E-state index in [2.05, 4.69) is 10.6 Å². The zero-order valence-electron chi connectivity index (χ0n) is 15.6. The van der Waals surface area contributed by atoms with E-state index in [4.69, 9.17) is 4.74 Å². The maximum absolute atomic E-state index is 13.0. The summed E-state index contributed by atoms with van der Waals surface area (Å²) in [5.41, 5.74) is 3.66. The predicted molar refractivity (Wildman–Crippen MR) is 102 cm³/mol. The van der Waals surface area contributed by atoms with Crippen molar-refractivity contribution in [3.05, 3.63) is 58.4 Å². The van der Waals surface area contributed by atoms with Gasteiger partial charge in [0.15, 0.2) is 0 Å². The van der Waals surface area contributed by atoms with Crippen molar-refractivity contribution >= 4 is 11.9 Å². The number of hydrogen-bond donors (Lipinski definition) is 0. The number of benzene rings is 1. The Labute approximate surface area is 154 Å². The van der Waals surface area contributed by atoms with Gasteiger partial charge in [-0.05, 0) is 56.5 Å². The summed E-state index contributed by atoms with van der Waals surface area (Å²) in [5, 5.41) is 9.53. The molecule has 4 heteroatoms. The molecule has 1 heterocycles. The van der Waals surface area contributed by atoms with Crippen molar-refractivity contribution in [2.45, 2.75) is 45.6 Å². The molecule has 0 radical (unpaired) electrons. The summed E-state index contributed by atoms with van der Waals surface area (Å²) in [6.07, 6.45) is 6.45. The highest BCUT2D eigenvalue weighted by atomic mass is 16.5. The summed E-state index contributed by atoms with van der Waals surface area (Å²) in [5.74, 6) is 0.535. The van der Waals surface area contributed by atoms with E-state index in [9.17, 15) is 10.1 Å². The molecule has 0 saturated heterocycles. The molecule has 3 rings (SSSR count). The van der Waals surface area contributed by atoms with Crippen LogP contribution in [0.15, 0.2) is 35.9 Å². The van der Waals surface area contributed by atoms with Crippen LogP contribution in [0.5, 0.6) is 5.75 Å². The molecule has 0 bridgehead atoms. The van der Waals surface area contributed by atoms with Crippen LogP contribution in [-0.2, 0) is 0 Å². The van der Waals surface area contributed by atoms with Crippen LogP contribution >= 0.6 is 0 Å². The van der Waals surface area contributed by atoms with E-state index in [1.54, 1.807) is 13.2 Å². The molecule has 1 saturated carbocycles. The van der Waals surface area contributed by atoms with Gasteiger partial charge in [0.25, 0.3) is 0 Å². The number of ketones is 1. The van der Waals surface area contributed by atoms with Crippen LogP contribution in [0.3, 0.4) is 0 Å². The minimum absolute atomic E-state index is 0.154. The fourth-order valence-electron chi connectivity index (χ4n) is 3.89. The van der Waals surface area contributed by atoms with Crippen molar-refractivity contribution in [1.82, 2.24) is 4.57 Å². The fraction of sp³-hybridized carbons (Fsp3) is 0.364. The molecule has 134 valence electrons. The first-order chi connectivity index (χ1) is 12.5. The Hall–Kier alpha value is -2.80. The highest BCUT2D eigenvalue weighted by molar-refractivity contribution is 6.14. The Bertz CT molecular complexity index is 876. The van der Waals surface area contributed by atoms with E-state index < -0.39 is 0 Å². The normalized spacial score (nSPS) is 15.1. The Balaban J connectivity index is 1.92.